The third kappa shape index (κ3) is 3.30. The molecule has 1 unspecified atom stereocenters. The van der Waals surface area contributed by atoms with E-state index in [0.717, 1.165) is 0 Å². The van der Waals surface area contributed by atoms with Crippen LogP contribution in [0.3, 0.4) is 0 Å². The highest BCUT2D eigenvalue weighted by Gasteiger charge is 2.44. The van der Waals surface area contributed by atoms with Crippen LogP contribution in [0, 0.1) is 5.92 Å². The van der Waals surface area contributed by atoms with E-state index in [1.54, 1.807) is 5.32 Å². The molecule has 2 atom stereocenters. The molecule has 0 aliphatic rings. The van der Waals surface area contributed by atoms with Gasteiger partial charge in [0.15, 0.2) is 0 Å². The molecule has 0 bridgehead atoms. The smallest absolute Gasteiger partial charge is 0.394 e. The lowest BCUT2D eigenvalue weighted by Crippen LogP contribution is -2.46. The molecule has 1 amide bonds. The molecular weight excluding hydrogens is 191 g/mol. The summed E-state index contributed by atoms with van der Waals surface area (Å²) in [5, 5.41) is 9.90. The van der Waals surface area contributed by atoms with E-state index in [-0.39, 0.29) is 6.41 Å². The van der Waals surface area contributed by atoms with E-state index in [9.17, 15) is 22.8 Å². The first-order chi connectivity index (χ1) is 5.80. The van der Waals surface area contributed by atoms with Crippen molar-refractivity contribution in [1.29, 1.82) is 0 Å². The molecule has 0 aliphatic heterocycles. The molecule has 0 radical (unpaired) electrons. The molecule has 0 fully saturated rings. The average molecular weight is 199 g/mol. The Balaban J connectivity index is 4.55. The highest BCUT2D eigenvalue weighted by Crippen LogP contribution is 2.28. The third-order valence-corrected chi connectivity index (χ3v) is 1.53. The quantitative estimate of drug-likeness (QED) is 0.643. The van der Waals surface area contributed by atoms with Crippen molar-refractivity contribution in [3.8, 4) is 0 Å². The van der Waals surface area contributed by atoms with Crippen LogP contribution in [0.4, 0.5) is 13.2 Å². The number of alkyl halides is 3. The highest BCUT2D eigenvalue weighted by molar-refractivity contribution is 5.76. The normalized spacial score (nSPS) is 16.0. The van der Waals surface area contributed by atoms with E-state index in [4.69, 9.17) is 5.11 Å². The second-order valence-electron chi connectivity index (χ2n) is 2.43. The number of amides is 1. The second kappa shape index (κ2) is 4.11. The standard InChI is InChI=1S/C6H8F3NO3/c1-3(6(7,8)9)4(5(12)13)10-2-11/h2-4H,1H3,(H,10,11)(H,12,13)/t3?,4-/m0/s1. The van der Waals surface area contributed by atoms with Gasteiger partial charge in [-0.3, -0.25) is 4.79 Å². The molecule has 0 saturated heterocycles. The van der Waals surface area contributed by atoms with Crippen molar-refractivity contribution in [2.24, 2.45) is 5.92 Å². The first kappa shape index (κ1) is 11.7. The van der Waals surface area contributed by atoms with Gasteiger partial charge in [-0.15, -0.1) is 0 Å². The molecule has 0 aromatic rings. The molecule has 13 heavy (non-hydrogen) atoms. The number of aliphatic carboxylic acids is 1. The molecular formula is C6H8F3NO3. The van der Waals surface area contributed by atoms with Crippen molar-refractivity contribution in [3.05, 3.63) is 0 Å². The van der Waals surface area contributed by atoms with Crippen LogP contribution in [0.25, 0.3) is 0 Å². The number of carboxylic acids is 1. The van der Waals surface area contributed by atoms with Crippen LogP contribution in [0.15, 0.2) is 0 Å². The van der Waals surface area contributed by atoms with Gasteiger partial charge in [-0.2, -0.15) is 13.2 Å². The summed E-state index contributed by atoms with van der Waals surface area (Å²) in [6, 6.07) is -1.93. The largest absolute Gasteiger partial charge is 0.480 e. The monoisotopic (exact) mass is 199 g/mol. The van der Waals surface area contributed by atoms with E-state index in [1.807, 2.05) is 0 Å². The minimum absolute atomic E-state index is 0.0684. The first-order valence-corrected chi connectivity index (χ1v) is 3.30. The summed E-state index contributed by atoms with van der Waals surface area (Å²) >= 11 is 0. The number of halogens is 3. The van der Waals surface area contributed by atoms with Gasteiger partial charge in [0, 0.05) is 0 Å². The van der Waals surface area contributed by atoms with Crippen molar-refractivity contribution in [2.75, 3.05) is 0 Å². The molecule has 0 heterocycles. The average Bonchev–Trinajstić information content (AvgIpc) is 1.96. The van der Waals surface area contributed by atoms with Crippen molar-refractivity contribution in [1.82, 2.24) is 5.32 Å². The zero-order valence-electron chi connectivity index (χ0n) is 6.63. The summed E-state index contributed by atoms with van der Waals surface area (Å²) in [5.74, 6) is -3.83. The van der Waals surface area contributed by atoms with Crippen LogP contribution in [0.2, 0.25) is 0 Å². The second-order valence-corrected chi connectivity index (χ2v) is 2.43. The summed E-state index contributed by atoms with van der Waals surface area (Å²) < 4.78 is 35.9. The Morgan fingerprint density at radius 2 is 2.00 bits per heavy atom. The maximum atomic E-state index is 12.0. The van der Waals surface area contributed by atoms with Crippen molar-refractivity contribution >= 4 is 12.4 Å². The summed E-state index contributed by atoms with van der Waals surface area (Å²) in [5.41, 5.74) is 0. The lowest BCUT2D eigenvalue weighted by molar-refractivity contribution is -0.185. The van der Waals surface area contributed by atoms with E-state index < -0.39 is 24.1 Å². The number of rotatable bonds is 4. The van der Waals surface area contributed by atoms with E-state index >= 15 is 0 Å². The number of carbonyl (C=O) groups is 2. The minimum atomic E-state index is -4.64. The predicted molar refractivity (Wildman–Crippen MR) is 35.8 cm³/mol. The van der Waals surface area contributed by atoms with Gasteiger partial charge < -0.3 is 10.4 Å². The summed E-state index contributed by atoms with van der Waals surface area (Å²) in [7, 11) is 0. The number of hydrogen-bond donors (Lipinski definition) is 2. The number of nitrogens with one attached hydrogen (secondary N) is 1. The van der Waals surface area contributed by atoms with Crippen molar-refractivity contribution in [3.63, 3.8) is 0 Å². The van der Waals surface area contributed by atoms with Crippen LogP contribution in [-0.4, -0.2) is 29.7 Å². The Morgan fingerprint density at radius 3 is 2.23 bits per heavy atom. The Morgan fingerprint density at radius 1 is 1.54 bits per heavy atom. The molecule has 0 aromatic heterocycles. The van der Waals surface area contributed by atoms with Gasteiger partial charge in [-0.25, -0.2) is 4.79 Å². The molecule has 0 aromatic carbocycles. The number of carbonyl (C=O) groups excluding carboxylic acids is 1. The molecule has 0 spiro atoms. The van der Waals surface area contributed by atoms with Gasteiger partial charge in [-0.1, -0.05) is 6.92 Å². The van der Waals surface area contributed by atoms with Crippen LogP contribution >= 0.6 is 0 Å². The zero-order chi connectivity index (χ0) is 10.6. The fourth-order valence-corrected chi connectivity index (χ4v) is 0.692. The van der Waals surface area contributed by atoms with Gasteiger partial charge in [0.05, 0.1) is 5.92 Å². The van der Waals surface area contributed by atoms with Gasteiger partial charge >= 0.3 is 12.1 Å². The highest BCUT2D eigenvalue weighted by atomic mass is 19.4. The molecule has 7 heteroatoms. The van der Waals surface area contributed by atoms with Crippen LogP contribution in [0.5, 0.6) is 0 Å². The third-order valence-electron chi connectivity index (χ3n) is 1.53. The first-order valence-electron chi connectivity index (χ1n) is 3.30. The van der Waals surface area contributed by atoms with E-state index in [0.29, 0.717) is 6.92 Å². The number of carboxylic acid groups (broad SMARTS) is 1. The molecule has 0 saturated carbocycles. The lowest BCUT2D eigenvalue weighted by atomic mass is 10.0. The topological polar surface area (TPSA) is 66.4 Å². The Kier molecular flexibility index (Phi) is 3.70. The fraction of sp³-hybridized carbons (Fsp3) is 0.667. The Bertz CT molecular complexity index is 204. The van der Waals surface area contributed by atoms with Gasteiger partial charge in [0.25, 0.3) is 0 Å². The Hall–Kier alpha value is -1.27. The lowest BCUT2D eigenvalue weighted by Gasteiger charge is -2.21. The molecule has 4 nitrogen and oxygen atoms in total. The maximum absolute atomic E-state index is 12.0. The summed E-state index contributed by atoms with van der Waals surface area (Å²) in [6.45, 7) is 0.690. The SMILES string of the molecule is CC([C@H](NC=O)C(=O)O)C(F)(F)F. The van der Waals surface area contributed by atoms with Crippen LogP contribution < -0.4 is 5.32 Å². The minimum Gasteiger partial charge on any atom is -0.480 e. The molecule has 2 N–H and O–H groups in total. The summed E-state index contributed by atoms with van der Waals surface area (Å²) in [6.07, 6.45) is -4.71. The van der Waals surface area contributed by atoms with E-state index in [1.165, 1.54) is 0 Å². The fourth-order valence-electron chi connectivity index (χ4n) is 0.692. The molecule has 0 rings (SSSR count). The van der Waals surface area contributed by atoms with Crippen molar-refractivity contribution in [2.45, 2.75) is 19.1 Å². The molecule has 0 aliphatic carbocycles. The van der Waals surface area contributed by atoms with Crippen LogP contribution in [-0.2, 0) is 9.59 Å². The Labute approximate surface area is 71.7 Å². The van der Waals surface area contributed by atoms with Gasteiger partial charge in [0.2, 0.25) is 6.41 Å². The predicted octanol–water partition coefficient (Wildman–Crippen LogP) is 0.384. The zero-order valence-corrected chi connectivity index (χ0v) is 6.63. The maximum Gasteiger partial charge on any atom is 0.394 e. The summed E-state index contributed by atoms with van der Waals surface area (Å²) in [4.78, 5) is 20.1. The number of hydrogen-bond acceptors (Lipinski definition) is 2. The van der Waals surface area contributed by atoms with Crippen LogP contribution in [0.1, 0.15) is 6.92 Å². The molecule has 76 valence electrons. The van der Waals surface area contributed by atoms with E-state index in [2.05, 4.69) is 0 Å². The van der Waals surface area contributed by atoms with Gasteiger partial charge in [-0.05, 0) is 0 Å². The van der Waals surface area contributed by atoms with Crippen molar-refractivity contribution < 1.29 is 27.9 Å². The van der Waals surface area contributed by atoms with Gasteiger partial charge in [0.1, 0.15) is 6.04 Å².